The first-order valence-corrected chi connectivity index (χ1v) is 8.43. The fraction of sp³-hybridized carbons (Fsp3) is 0.444. The minimum atomic E-state index is -0.337. The van der Waals surface area contributed by atoms with Gasteiger partial charge in [-0.15, -0.1) is 24.8 Å². The van der Waals surface area contributed by atoms with Crippen molar-refractivity contribution < 1.29 is 9.18 Å². The average Bonchev–Trinajstić information content (AvgIpc) is 3.29. The van der Waals surface area contributed by atoms with Crippen LogP contribution in [0.2, 0.25) is 0 Å². The standard InChI is InChI=1S/C18H21FN4O.2ClH/c19-14-7-11(1-4-15(14)23-6-5-21-10-23)9-22-18(24)16-12-2-3-13(8-12)17(16)20;;/h1,4-7,10,12-13,16-17H,2-3,8-9,20H2,(H,22,24);2*1H. The summed E-state index contributed by atoms with van der Waals surface area (Å²) >= 11 is 0. The van der Waals surface area contributed by atoms with E-state index >= 15 is 0 Å². The minimum Gasteiger partial charge on any atom is -0.352 e. The Hall–Kier alpha value is -1.63. The molecule has 3 N–H and O–H groups in total. The molecule has 4 rings (SSSR count). The number of benzene rings is 1. The summed E-state index contributed by atoms with van der Waals surface area (Å²) < 4.78 is 15.9. The first kappa shape index (κ1) is 20.7. The Morgan fingerprint density at radius 1 is 1.31 bits per heavy atom. The second-order valence-electron chi connectivity index (χ2n) is 6.91. The Morgan fingerprint density at radius 2 is 2.08 bits per heavy atom. The monoisotopic (exact) mass is 400 g/mol. The van der Waals surface area contributed by atoms with Gasteiger partial charge in [0.25, 0.3) is 0 Å². The normalized spacial score (nSPS) is 26.1. The van der Waals surface area contributed by atoms with E-state index < -0.39 is 0 Å². The second-order valence-corrected chi connectivity index (χ2v) is 6.91. The average molecular weight is 401 g/mol. The zero-order chi connectivity index (χ0) is 16.7. The molecule has 1 heterocycles. The van der Waals surface area contributed by atoms with E-state index in [1.165, 1.54) is 6.07 Å². The minimum absolute atomic E-state index is 0. The lowest BCUT2D eigenvalue weighted by Crippen LogP contribution is -2.45. The van der Waals surface area contributed by atoms with Gasteiger partial charge in [0.1, 0.15) is 5.82 Å². The van der Waals surface area contributed by atoms with Gasteiger partial charge >= 0.3 is 0 Å². The maximum Gasteiger partial charge on any atom is 0.225 e. The molecular weight excluding hydrogens is 378 g/mol. The molecule has 1 aromatic heterocycles. The number of carbonyl (C=O) groups is 1. The predicted octanol–water partition coefficient (Wildman–Crippen LogP) is 2.84. The third-order valence-corrected chi connectivity index (χ3v) is 5.54. The van der Waals surface area contributed by atoms with Gasteiger partial charge in [0.15, 0.2) is 0 Å². The summed E-state index contributed by atoms with van der Waals surface area (Å²) in [6, 6.07) is 4.95. The number of nitrogens with two attached hydrogens (primary N) is 1. The fourth-order valence-corrected chi connectivity index (χ4v) is 4.30. The van der Waals surface area contributed by atoms with Crippen molar-refractivity contribution >= 4 is 30.7 Å². The molecule has 2 aliphatic rings. The molecule has 2 fully saturated rings. The maximum atomic E-state index is 14.2. The molecular formula is C18H23Cl2FN4O. The smallest absolute Gasteiger partial charge is 0.225 e. The van der Waals surface area contributed by atoms with Crippen LogP contribution in [0.25, 0.3) is 5.69 Å². The Kier molecular flexibility index (Phi) is 6.66. The van der Waals surface area contributed by atoms with Crippen LogP contribution >= 0.6 is 24.8 Å². The highest BCUT2D eigenvalue weighted by molar-refractivity contribution is 5.85. The molecule has 0 aliphatic heterocycles. The molecule has 2 bridgehead atoms. The SMILES string of the molecule is Cl.Cl.NC1C2CCC(C2)C1C(=O)NCc1ccc(-n2ccnc2)c(F)c1. The highest BCUT2D eigenvalue weighted by atomic mass is 35.5. The molecule has 8 heteroatoms. The number of fused-ring (bicyclic) bond motifs is 2. The third kappa shape index (κ3) is 3.72. The Balaban J connectivity index is 0.00000121. The number of hydrogen-bond donors (Lipinski definition) is 2. The van der Waals surface area contributed by atoms with Crippen molar-refractivity contribution in [3.8, 4) is 5.69 Å². The third-order valence-electron chi connectivity index (χ3n) is 5.54. The molecule has 5 nitrogen and oxygen atoms in total. The van der Waals surface area contributed by atoms with E-state index in [9.17, 15) is 9.18 Å². The fourth-order valence-electron chi connectivity index (χ4n) is 4.30. The van der Waals surface area contributed by atoms with Gasteiger partial charge in [0, 0.05) is 25.0 Å². The van der Waals surface area contributed by atoms with E-state index in [0.717, 1.165) is 24.8 Å². The first-order chi connectivity index (χ1) is 11.6. The Labute approximate surface area is 164 Å². The molecule has 0 spiro atoms. The van der Waals surface area contributed by atoms with Crippen LogP contribution < -0.4 is 11.1 Å². The molecule has 1 amide bonds. The van der Waals surface area contributed by atoms with Gasteiger partial charge in [-0.05, 0) is 48.8 Å². The quantitative estimate of drug-likeness (QED) is 0.828. The maximum absolute atomic E-state index is 14.2. The second kappa shape index (κ2) is 8.37. The molecule has 2 aromatic rings. The van der Waals surface area contributed by atoms with E-state index in [0.29, 0.717) is 24.1 Å². The highest BCUT2D eigenvalue weighted by Gasteiger charge is 2.48. The zero-order valence-electron chi connectivity index (χ0n) is 14.2. The van der Waals surface area contributed by atoms with Crippen molar-refractivity contribution in [1.82, 2.24) is 14.9 Å². The molecule has 0 radical (unpaired) electrons. The number of hydrogen-bond acceptors (Lipinski definition) is 3. The topological polar surface area (TPSA) is 72.9 Å². The summed E-state index contributed by atoms with van der Waals surface area (Å²) in [7, 11) is 0. The number of halogens is 3. The van der Waals surface area contributed by atoms with E-state index in [4.69, 9.17) is 5.73 Å². The summed E-state index contributed by atoms with van der Waals surface area (Å²) in [4.78, 5) is 16.4. The molecule has 142 valence electrons. The number of aromatic nitrogens is 2. The van der Waals surface area contributed by atoms with Gasteiger partial charge in [-0.1, -0.05) is 6.07 Å². The van der Waals surface area contributed by atoms with Crippen LogP contribution in [0.5, 0.6) is 0 Å². The van der Waals surface area contributed by atoms with Crippen LogP contribution in [0.4, 0.5) is 4.39 Å². The molecule has 26 heavy (non-hydrogen) atoms. The lowest BCUT2D eigenvalue weighted by Gasteiger charge is -2.27. The number of amides is 1. The number of rotatable bonds is 4. The molecule has 4 unspecified atom stereocenters. The molecule has 2 aliphatic carbocycles. The molecule has 4 atom stereocenters. The summed E-state index contributed by atoms with van der Waals surface area (Å²) in [5.41, 5.74) is 7.38. The largest absolute Gasteiger partial charge is 0.352 e. The Bertz CT molecular complexity index is 754. The van der Waals surface area contributed by atoms with Crippen molar-refractivity contribution in [1.29, 1.82) is 0 Å². The van der Waals surface area contributed by atoms with Crippen LogP contribution in [0.1, 0.15) is 24.8 Å². The number of imidazole rings is 1. The van der Waals surface area contributed by atoms with Crippen LogP contribution in [0, 0.1) is 23.6 Å². The van der Waals surface area contributed by atoms with Gasteiger partial charge in [0.05, 0.1) is 17.9 Å². The zero-order valence-corrected chi connectivity index (χ0v) is 15.8. The summed E-state index contributed by atoms with van der Waals surface area (Å²) in [6.45, 7) is 0.320. The lowest BCUT2D eigenvalue weighted by atomic mass is 9.84. The van der Waals surface area contributed by atoms with Gasteiger partial charge in [-0.2, -0.15) is 0 Å². The molecule has 2 saturated carbocycles. The van der Waals surface area contributed by atoms with E-state index in [1.807, 2.05) is 6.07 Å². The van der Waals surface area contributed by atoms with Crippen molar-refractivity contribution in [2.75, 3.05) is 0 Å². The van der Waals surface area contributed by atoms with Gasteiger partial charge in [-0.3, -0.25) is 4.79 Å². The highest BCUT2D eigenvalue weighted by Crippen LogP contribution is 2.47. The number of nitrogens with one attached hydrogen (secondary N) is 1. The summed E-state index contributed by atoms with van der Waals surface area (Å²) in [6.07, 6.45) is 8.17. The van der Waals surface area contributed by atoms with Gasteiger partial charge in [-0.25, -0.2) is 9.37 Å². The van der Waals surface area contributed by atoms with Crippen LogP contribution in [-0.2, 0) is 11.3 Å². The molecule has 1 aromatic carbocycles. The van der Waals surface area contributed by atoms with E-state index in [-0.39, 0.29) is 48.5 Å². The van der Waals surface area contributed by atoms with Gasteiger partial charge < -0.3 is 15.6 Å². The molecule has 0 saturated heterocycles. The van der Waals surface area contributed by atoms with Crippen molar-refractivity contribution in [3.63, 3.8) is 0 Å². The lowest BCUT2D eigenvalue weighted by molar-refractivity contribution is -0.127. The van der Waals surface area contributed by atoms with Crippen molar-refractivity contribution in [2.45, 2.75) is 31.8 Å². The van der Waals surface area contributed by atoms with E-state index in [2.05, 4.69) is 10.3 Å². The van der Waals surface area contributed by atoms with Crippen molar-refractivity contribution in [2.24, 2.45) is 23.5 Å². The Morgan fingerprint density at radius 3 is 2.69 bits per heavy atom. The van der Waals surface area contributed by atoms with Crippen LogP contribution in [0.3, 0.4) is 0 Å². The number of carbonyl (C=O) groups excluding carboxylic acids is 1. The van der Waals surface area contributed by atoms with Crippen LogP contribution in [-0.4, -0.2) is 21.5 Å². The first-order valence-electron chi connectivity index (χ1n) is 8.43. The van der Waals surface area contributed by atoms with Gasteiger partial charge in [0.2, 0.25) is 5.91 Å². The van der Waals surface area contributed by atoms with E-state index in [1.54, 1.807) is 29.4 Å². The van der Waals surface area contributed by atoms with Crippen LogP contribution in [0.15, 0.2) is 36.9 Å². The predicted molar refractivity (Wildman–Crippen MR) is 102 cm³/mol. The summed E-state index contributed by atoms with van der Waals surface area (Å²) in [5, 5.41) is 2.93. The summed E-state index contributed by atoms with van der Waals surface area (Å²) in [5.74, 6) is 0.506. The van der Waals surface area contributed by atoms with Crippen molar-refractivity contribution in [3.05, 3.63) is 48.3 Å². The number of nitrogens with zero attached hydrogens (tertiary/aromatic N) is 2.